The fourth-order valence-electron chi connectivity index (χ4n) is 1.32. The summed E-state index contributed by atoms with van der Waals surface area (Å²) in [7, 11) is 0. The monoisotopic (exact) mass is 170 g/mol. The molecule has 1 aromatic heterocycles. The maximum atomic E-state index is 4.81. The zero-order chi connectivity index (χ0) is 7.68. The van der Waals surface area contributed by atoms with Crippen LogP contribution in [0.2, 0.25) is 0 Å². The summed E-state index contributed by atoms with van der Waals surface area (Å²) in [5.74, 6) is 1.71. The van der Waals surface area contributed by atoms with Gasteiger partial charge in [0.2, 0.25) is 0 Å². The summed E-state index contributed by atoms with van der Waals surface area (Å²) in [5, 5.41) is 2.71. The van der Waals surface area contributed by atoms with E-state index in [0.29, 0.717) is 4.84 Å². The van der Waals surface area contributed by atoms with Crippen LogP contribution in [0.5, 0.6) is 0 Å². The lowest BCUT2D eigenvalue weighted by molar-refractivity contribution is 0.303. The van der Waals surface area contributed by atoms with E-state index in [1.165, 1.54) is 19.3 Å². The van der Waals surface area contributed by atoms with Gasteiger partial charge in [0.05, 0.1) is 0 Å². The van der Waals surface area contributed by atoms with E-state index in [2.05, 4.69) is 10.1 Å². The average molecular weight is 170 g/mol. The molecule has 0 bridgehead atoms. The smallest absolute Gasteiger partial charge is 0.314 e. The van der Waals surface area contributed by atoms with Gasteiger partial charge in [-0.25, -0.2) is 5.16 Å². The van der Waals surface area contributed by atoms with Crippen molar-refractivity contribution in [2.24, 2.45) is 5.92 Å². The quantitative estimate of drug-likeness (QED) is 0.691. The summed E-state index contributed by atoms with van der Waals surface area (Å²) in [5.41, 5.74) is 0. The summed E-state index contributed by atoms with van der Waals surface area (Å²) in [6.07, 6.45) is 5.02. The highest BCUT2D eigenvalue weighted by Crippen LogP contribution is 2.28. The van der Waals surface area contributed by atoms with Gasteiger partial charge in [-0.3, -0.25) is 0 Å². The highest BCUT2D eigenvalue weighted by atomic mass is 32.1. The van der Waals surface area contributed by atoms with E-state index in [1.54, 1.807) is 0 Å². The van der Waals surface area contributed by atoms with Crippen LogP contribution in [0.25, 0.3) is 0 Å². The molecule has 1 heterocycles. The summed E-state index contributed by atoms with van der Waals surface area (Å²) >= 11 is 4.73. The molecule has 1 aliphatic carbocycles. The number of aromatic nitrogens is 2. The van der Waals surface area contributed by atoms with Crippen LogP contribution in [0, 0.1) is 10.8 Å². The van der Waals surface area contributed by atoms with Gasteiger partial charge in [-0.2, -0.15) is 4.98 Å². The molecule has 1 aromatic rings. The summed E-state index contributed by atoms with van der Waals surface area (Å²) in [6, 6.07) is 0. The highest BCUT2D eigenvalue weighted by Gasteiger charge is 2.18. The zero-order valence-corrected chi connectivity index (χ0v) is 6.99. The minimum absolute atomic E-state index is 0.319. The molecule has 3 nitrogen and oxygen atoms in total. The molecule has 60 valence electrons. The van der Waals surface area contributed by atoms with Gasteiger partial charge < -0.3 is 4.52 Å². The third kappa shape index (κ3) is 1.50. The molecule has 2 rings (SSSR count). The van der Waals surface area contributed by atoms with Gasteiger partial charge in [0.1, 0.15) is 5.82 Å². The first kappa shape index (κ1) is 7.03. The van der Waals surface area contributed by atoms with Gasteiger partial charge in [-0.1, -0.05) is 19.3 Å². The van der Waals surface area contributed by atoms with Crippen LogP contribution in [0.1, 0.15) is 25.1 Å². The molecule has 1 saturated carbocycles. The Morgan fingerprint density at radius 2 is 2.45 bits per heavy atom. The highest BCUT2D eigenvalue weighted by molar-refractivity contribution is 7.71. The Hall–Kier alpha value is -0.640. The summed E-state index contributed by atoms with van der Waals surface area (Å²) < 4.78 is 4.81. The van der Waals surface area contributed by atoms with E-state index < -0.39 is 0 Å². The van der Waals surface area contributed by atoms with Crippen molar-refractivity contribution < 1.29 is 4.52 Å². The lowest BCUT2D eigenvalue weighted by atomic mass is 9.83. The summed E-state index contributed by atoms with van der Waals surface area (Å²) in [6.45, 7) is 0. The number of nitrogens with one attached hydrogen (secondary N) is 1. The first-order valence-electron chi connectivity index (χ1n) is 3.89. The van der Waals surface area contributed by atoms with E-state index in [9.17, 15) is 0 Å². The normalized spacial score (nSPS) is 18.2. The van der Waals surface area contributed by atoms with Gasteiger partial charge in [0.25, 0.3) is 0 Å². The fourth-order valence-corrected chi connectivity index (χ4v) is 1.47. The minimum Gasteiger partial charge on any atom is -0.348 e. The zero-order valence-electron chi connectivity index (χ0n) is 6.17. The Morgan fingerprint density at radius 3 is 2.91 bits per heavy atom. The predicted octanol–water partition coefficient (Wildman–Crippen LogP) is 2.07. The van der Waals surface area contributed by atoms with Crippen molar-refractivity contribution in [3.8, 4) is 0 Å². The Balaban J connectivity index is 2.00. The molecule has 11 heavy (non-hydrogen) atoms. The van der Waals surface area contributed by atoms with Crippen molar-refractivity contribution in [2.45, 2.75) is 25.7 Å². The van der Waals surface area contributed by atoms with Crippen LogP contribution >= 0.6 is 12.2 Å². The molecule has 0 aliphatic heterocycles. The number of aromatic amines is 1. The molecule has 0 atom stereocenters. The second-order valence-electron chi connectivity index (χ2n) is 3.03. The molecule has 4 heteroatoms. The van der Waals surface area contributed by atoms with Crippen molar-refractivity contribution in [2.75, 3.05) is 0 Å². The second-order valence-corrected chi connectivity index (χ2v) is 3.38. The van der Waals surface area contributed by atoms with Crippen LogP contribution in [-0.4, -0.2) is 10.1 Å². The van der Waals surface area contributed by atoms with Crippen LogP contribution < -0.4 is 0 Å². The van der Waals surface area contributed by atoms with Gasteiger partial charge in [-0.05, 0) is 18.1 Å². The van der Waals surface area contributed by atoms with Crippen molar-refractivity contribution in [1.29, 1.82) is 0 Å². The number of hydrogen-bond donors (Lipinski definition) is 1. The lowest BCUT2D eigenvalue weighted by Gasteiger charge is -2.23. The maximum Gasteiger partial charge on any atom is 0.314 e. The van der Waals surface area contributed by atoms with Crippen LogP contribution in [0.15, 0.2) is 4.52 Å². The average Bonchev–Trinajstić information content (AvgIpc) is 2.27. The number of hydrogen-bond acceptors (Lipinski definition) is 3. The Kier molecular flexibility index (Phi) is 1.77. The fraction of sp³-hybridized carbons (Fsp3) is 0.714. The maximum absolute atomic E-state index is 4.81. The molecule has 0 saturated heterocycles. The van der Waals surface area contributed by atoms with E-state index in [0.717, 1.165) is 18.2 Å². The number of H-pyrrole nitrogens is 1. The third-order valence-electron chi connectivity index (χ3n) is 2.19. The predicted molar refractivity (Wildman–Crippen MR) is 42.7 cm³/mol. The first-order valence-corrected chi connectivity index (χ1v) is 4.30. The third-order valence-corrected chi connectivity index (χ3v) is 2.36. The Bertz CT molecular complexity index is 287. The molecule has 0 unspecified atom stereocenters. The molecule has 0 amide bonds. The molecule has 1 aliphatic rings. The molecular weight excluding hydrogens is 160 g/mol. The van der Waals surface area contributed by atoms with Crippen molar-refractivity contribution >= 4 is 12.2 Å². The molecule has 1 fully saturated rings. The van der Waals surface area contributed by atoms with Gasteiger partial charge in [0.15, 0.2) is 0 Å². The van der Waals surface area contributed by atoms with Crippen LogP contribution in [-0.2, 0) is 6.42 Å². The van der Waals surface area contributed by atoms with Crippen LogP contribution in [0.4, 0.5) is 0 Å². The molecule has 0 spiro atoms. The Labute approximate surface area is 69.8 Å². The van der Waals surface area contributed by atoms with Gasteiger partial charge in [0, 0.05) is 6.42 Å². The van der Waals surface area contributed by atoms with E-state index in [-0.39, 0.29) is 0 Å². The van der Waals surface area contributed by atoms with E-state index >= 15 is 0 Å². The standard InChI is InChI=1S/C7H10N2OS/c11-7-8-6(9-10-7)4-5-2-1-3-5/h5H,1-4H2,(H,8,9,11). The van der Waals surface area contributed by atoms with Gasteiger partial charge in [-0.15, -0.1) is 0 Å². The largest absolute Gasteiger partial charge is 0.348 e. The summed E-state index contributed by atoms with van der Waals surface area (Å²) in [4.78, 5) is 4.34. The molecule has 1 N–H and O–H groups in total. The van der Waals surface area contributed by atoms with E-state index in [1.807, 2.05) is 0 Å². The first-order chi connectivity index (χ1) is 5.34. The molecule has 0 radical (unpaired) electrons. The second kappa shape index (κ2) is 2.77. The van der Waals surface area contributed by atoms with Crippen molar-refractivity contribution in [3.63, 3.8) is 0 Å². The van der Waals surface area contributed by atoms with Crippen molar-refractivity contribution in [1.82, 2.24) is 10.1 Å². The molecular formula is C7H10N2OS. The van der Waals surface area contributed by atoms with Crippen LogP contribution in [0.3, 0.4) is 0 Å². The SMILES string of the molecule is S=c1nc(CC2CCC2)[nH]o1. The van der Waals surface area contributed by atoms with Gasteiger partial charge >= 0.3 is 4.84 Å². The Morgan fingerprint density at radius 1 is 1.64 bits per heavy atom. The van der Waals surface area contributed by atoms with E-state index in [4.69, 9.17) is 16.7 Å². The minimum atomic E-state index is 0.319. The number of nitrogens with zero attached hydrogens (tertiary/aromatic N) is 1. The van der Waals surface area contributed by atoms with Crippen molar-refractivity contribution in [3.05, 3.63) is 10.7 Å². The lowest BCUT2D eigenvalue weighted by Crippen LogP contribution is -2.14. The topological polar surface area (TPSA) is 41.8 Å². The number of rotatable bonds is 2. The molecule has 0 aromatic carbocycles.